The minimum atomic E-state index is -0.891. The lowest BCUT2D eigenvalue weighted by Crippen LogP contribution is -2.69. The second kappa shape index (κ2) is 5.02. The third-order valence-corrected chi connectivity index (χ3v) is 3.23. The molecule has 98 valence electrons. The van der Waals surface area contributed by atoms with E-state index in [-0.39, 0.29) is 24.2 Å². The van der Waals surface area contributed by atoms with Crippen LogP contribution in [0.4, 0.5) is 4.39 Å². The molecular weight excluding hydrogens is 223 g/mol. The lowest BCUT2D eigenvalue weighted by Gasteiger charge is -2.45. The fourth-order valence-corrected chi connectivity index (χ4v) is 2.00. The van der Waals surface area contributed by atoms with Gasteiger partial charge in [-0.05, 0) is 26.2 Å². The van der Waals surface area contributed by atoms with Crippen molar-refractivity contribution in [3.05, 3.63) is 0 Å². The Morgan fingerprint density at radius 2 is 2.00 bits per heavy atom. The second-order valence-electron chi connectivity index (χ2n) is 5.29. The topological polar surface area (TPSA) is 49.4 Å². The van der Waals surface area contributed by atoms with Gasteiger partial charge in [0, 0.05) is 6.54 Å². The Kier molecular flexibility index (Phi) is 4.11. The number of piperazine rings is 1. The smallest absolute Gasteiger partial charge is 0.246 e. The molecule has 0 aromatic rings. The van der Waals surface area contributed by atoms with Crippen LogP contribution in [0.25, 0.3) is 0 Å². The monoisotopic (exact) mass is 244 g/mol. The summed E-state index contributed by atoms with van der Waals surface area (Å²) in [4.78, 5) is 25.7. The Hall–Kier alpha value is -1.13. The maximum absolute atomic E-state index is 12.2. The van der Waals surface area contributed by atoms with Crippen molar-refractivity contribution in [3.63, 3.8) is 0 Å². The molecule has 0 aliphatic carbocycles. The summed E-state index contributed by atoms with van der Waals surface area (Å²) in [6.45, 7) is 6.96. The Morgan fingerprint density at radius 3 is 2.47 bits per heavy atom. The lowest BCUT2D eigenvalue weighted by molar-refractivity contribution is -0.156. The van der Waals surface area contributed by atoms with Crippen LogP contribution in [0.3, 0.4) is 0 Å². The largest absolute Gasteiger partial charge is 0.342 e. The average molecular weight is 244 g/mol. The summed E-state index contributed by atoms with van der Waals surface area (Å²) in [5.74, 6) is -0.247. The van der Waals surface area contributed by atoms with Gasteiger partial charge < -0.3 is 10.2 Å². The molecule has 0 aromatic heterocycles. The highest BCUT2D eigenvalue weighted by Gasteiger charge is 2.46. The highest BCUT2D eigenvalue weighted by atomic mass is 19.1. The van der Waals surface area contributed by atoms with E-state index in [9.17, 15) is 14.0 Å². The van der Waals surface area contributed by atoms with E-state index in [0.29, 0.717) is 6.54 Å². The predicted molar refractivity (Wildman–Crippen MR) is 63.2 cm³/mol. The van der Waals surface area contributed by atoms with Crippen molar-refractivity contribution in [3.8, 4) is 0 Å². The minimum Gasteiger partial charge on any atom is -0.342 e. The van der Waals surface area contributed by atoms with Gasteiger partial charge in [-0.2, -0.15) is 0 Å². The molecule has 2 amide bonds. The van der Waals surface area contributed by atoms with E-state index in [0.717, 1.165) is 0 Å². The number of halogens is 1. The molecule has 0 saturated carbocycles. The highest BCUT2D eigenvalue weighted by Crippen LogP contribution is 2.23. The molecule has 1 rings (SSSR count). The molecule has 5 heteroatoms. The van der Waals surface area contributed by atoms with Crippen LogP contribution < -0.4 is 5.32 Å². The standard InChI is InChI=1S/C12H21FN2O2/c1-8(2)9-10(16)15(7-5-6-13)12(3,4)11(17)14-9/h8-9H,5-7H2,1-4H3,(H,14,17). The number of alkyl halides is 1. The van der Waals surface area contributed by atoms with E-state index in [1.165, 1.54) is 4.90 Å². The Bertz CT molecular complexity index is 316. The van der Waals surface area contributed by atoms with Crippen molar-refractivity contribution in [2.75, 3.05) is 13.2 Å². The number of carbonyl (C=O) groups is 2. The van der Waals surface area contributed by atoms with E-state index in [2.05, 4.69) is 5.32 Å². The number of hydrogen-bond acceptors (Lipinski definition) is 2. The maximum Gasteiger partial charge on any atom is 0.246 e. The number of rotatable bonds is 4. The first kappa shape index (κ1) is 13.9. The van der Waals surface area contributed by atoms with E-state index >= 15 is 0 Å². The molecule has 1 aliphatic rings. The normalized spacial score (nSPS) is 24.1. The molecule has 17 heavy (non-hydrogen) atoms. The maximum atomic E-state index is 12.2. The predicted octanol–water partition coefficient (Wildman–Crippen LogP) is 1.11. The van der Waals surface area contributed by atoms with Crippen LogP contribution in [0.15, 0.2) is 0 Å². The number of amides is 2. The van der Waals surface area contributed by atoms with Crippen LogP contribution >= 0.6 is 0 Å². The van der Waals surface area contributed by atoms with E-state index in [1.807, 2.05) is 13.8 Å². The molecule has 0 spiro atoms. The van der Waals surface area contributed by atoms with Gasteiger partial charge in [-0.3, -0.25) is 14.0 Å². The number of nitrogens with zero attached hydrogens (tertiary/aromatic N) is 1. The molecule has 1 atom stereocenters. The molecule has 0 radical (unpaired) electrons. The molecule has 1 aliphatic heterocycles. The number of nitrogens with one attached hydrogen (secondary N) is 1. The first-order chi connectivity index (χ1) is 7.82. The summed E-state index contributed by atoms with van der Waals surface area (Å²) in [6, 6.07) is -0.491. The van der Waals surface area contributed by atoms with Gasteiger partial charge >= 0.3 is 0 Å². The third-order valence-electron chi connectivity index (χ3n) is 3.23. The Labute approximate surface area is 102 Å². The van der Waals surface area contributed by atoms with Gasteiger partial charge in [-0.15, -0.1) is 0 Å². The zero-order valence-electron chi connectivity index (χ0n) is 10.9. The van der Waals surface area contributed by atoms with E-state index in [4.69, 9.17) is 0 Å². The van der Waals surface area contributed by atoms with E-state index in [1.54, 1.807) is 13.8 Å². The van der Waals surface area contributed by atoms with Crippen molar-refractivity contribution in [2.45, 2.75) is 45.7 Å². The summed E-state index contributed by atoms with van der Waals surface area (Å²) in [6.07, 6.45) is 0.271. The number of carbonyl (C=O) groups excluding carboxylic acids is 2. The summed E-state index contributed by atoms with van der Waals surface area (Å²) < 4.78 is 12.2. The van der Waals surface area contributed by atoms with Gasteiger partial charge in [-0.25, -0.2) is 0 Å². The summed E-state index contributed by atoms with van der Waals surface area (Å²) in [5, 5.41) is 2.74. The van der Waals surface area contributed by atoms with Crippen LogP contribution in [0.1, 0.15) is 34.1 Å². The summed E-state index contributed by atoms with van der Waals surface area (Å²) in [7, 11) is 0. The van der Waals surface area contributed by atoms with Gasteiger partial charge in [0.15, 0.2) is 0 Å². The van der Waals surface area contributed by atoms with Crippen LogP contribution in [0.2, 0.25) is 0 Å². The van der Waals surface area contributed by atoms with Gasteiger partial charge in [0.05, 0.1) is 6.67 Å². The zero-order chi connectivity index (χ0) is 13.2. The van der Waals surface area contributed by atoms with Gasteiger partial charge in [0.1, 0.15) is 11.6 Å². The third kappa shape index (κ3) is 2.58. The summed E-state index contributed by atoms with van der Waals surface area (Å²) >= 11 is 0. The fourth-order valence-electron chi connectivity index (χ4n) is 2.00. The molecule has 1 heterocycles. The molecule has 1 saturated heterocycles. The van der Waals surface area contributed by atoms with Crippen molar-refractivity contribution in [1.82, 2.24) is 10.2 Å². The van der Waals surface area contributed by atoms with Crippen molar-refractivity contribution in [1.29, 1.82) is 0 Å². The first-order valence-corrected chi connectivity index (χ1v) is 6.00. The minimum absolute atomic E-state index is 0.0374. The van der Waals surface area contributed by atoms with Crippen LogP contribution in [0.5, 0.6) is 0 Å². The van der Waals surface area contributed by atoms with Gasteiger partial charge in [0.25, 0.3) is 0 Å². The van der Waals surface area contributed by atoms with Gasteiger partial charge in [0.2, 0.25) is 11.8 Å². The molecular formula is C12H21FN2O2. The first-order valence-electron chi connectivity index (χ1n) is 6.00. The van der Waals surface area contributed by atoms with Crippen LogP contribution in [-0.4, -0.2) is 41.5 Å². The van der Waals surface area contributed by atoms with E-state index < -0.39 is 18.3 Å². The quantitative estimate of drug-likeness (QED) is 0.805. The lowest BCUT2D eigenvalue weighted by atomic mass is 9.91. The highest BCUT2D eigenvalue weighted by molar-refractivity contribution is 5.99. The SMILES string of the molecule is CC(C)C1NC(=O)C(C)(C)N(CCCF)C1=O. The average Bonchev–Trinajstić information content (AvgIpc) is 2.23. The molecule has 1 unspecified atom stereocenters. The van der Waals surface area contributed by atoms with Gasteiger partial charge in [-0.1, -0.05) is 13.8 Å². The Morgan fingerprint density at radius 1 is 1.41 bits per heavy atom. The second-order valence-corrected chi connectivity index (χ2v) is 5.29. The molecule has 4 nitrogen and oxygen atoms in total. The molecule has 0 bridgehead atoms. The molecule has 0 aromatic carbocycles. The molecule has 1 fully saturated rings. The summed E-state index contributed by atoms with van der Waals surface area (Å²) in [5.41, 5.74) is -0.891. The molecule has 1 N–H and O–H groups in total. The van der Waals surface area contributed by atoms with Crippen LogP contribution in [-0.2, 0) is 9.59 Å². The van der Waals surface area contributed by atoms with Crippen molar-refractivity contribution < 1.29 is 14.0 Å². The van der Waals surface area contributed by atoms with Crippen LogP contribution in [0, 0.1) is 5.92 Å². The Balaban J connectivity index is 2.93. The number of hydrogen-bond donors (Lipinski definition) is 1. The fraction of sp³-hybridized carbons (Fsp3) is 0.833. The zero-order valence-corrected chi connectivity index (χ0v) is 10.9. The van der Waals surface area contributed by atoms with Crippen molar-refractivity contribution >= 4 is 11.8 Å². The van der Waals surface area contributed by atoms with Crippen molar-refractivity contribution in [2.24, 2.45) is 5.92 Å².